The Hall–Kier alpha value is -2.61. The number of hydrogen-bond acceptors (Lipinski definition) is 5. The van der Waals surface area contributed by atoms with Gasteiger partial charge in [0.2, 0.25) is 5.91 Å². The molecule has 0 aromatic heterocycles. The van der Waals surface area contributed by atoms with Gasteiger partial charge in [0.25, 0.3) is 5.91 Å². The number of nitrogens with one attached hydrogen (secondary N) is 2. The number of anilines is 1. The van der Waals surface area contributed by atoms with Crippen LogP contribution in [0.5, 0.6) is 0 Å². The summed E-state index contributed by atoms with van der Waals surface area (Å²) in [7, 11) is 0. The molecule has 174 valence electrons. The Morgan fingerprint density at radius 2 is 1.84 bits per heavy atom. The highest BCUT2D eigenvalue weighted by Crippen LogP contribution is 2.46. The average molecular weight is 443 g/mol. The summed E-state index contributed by atoms with van der Waals surface area (Å²) in [5.41, 5.74) is 1.18. The lowest BCUT2D eigenvalue weighted by Crippen LogP contribution is -2.54. The van der Waals surface area contributed by atoms with Gasteiger partial charge in [-0.3, -0.25) is 14.5 Å². The van der Waals surface area contributed by atoms with Gasteiger partial charge in [-0.15, -0.1) is 0 Å². The maximum absolute atomic E-state index is 13.2. The van der Waals surface area contributed by atoms with Gasteiger partial charge in [-0.05, 0) is 48.3 Å². The van der Waals surface area contributed by atoms with Crippen LogP contribution in [0.4, 0.5) is 10.5 Å². The van der Waals surface area contributed by atoms with Gasteiger partial charge in [-0.2, -0.15) is 0 Å². The Balaban J connectivity index is 1.32. The summed E-state index contributed by atoms with van der Waals surface area (Å²) >= 11 is 0. The molecule has 3 aliphatic rings. The number of ether oxygens (including phenoxy) is 1. The highest BCUT2D eigenvalue weighted by Gasteiger charge is 2.56. The van der Waals surface area contributed by atoms with Crippen molar-refractivity contribution in [1.29, 1.82) is 0 Å². The summed E-state index contributed by atoms with van der Waals surface area (Å²) in [4.78, 5) is 41.6. The normalized spacial score (nSPS) is 27.5. The van der Waals surface area contributed by atoms with Crippen molar-refractivity contribution in [3.63, 3.8) is 0 Å². The molecular weight excluding hydrogens is 408 g/mol. The maximum atomic E-state index is 13.2. The van der Waals surface area contributed by atoms with Crippen molar-refractivity contribution in [1.82, 2.24) is 15.5 Å². The van der Waals surface area contributed by atoms with Crippen molar-refractivity contribution in [2.24, 2.45) is 11.3 Å². The van der Waals surface area contributed by atoms with Crippen LogP contribution in [-0.4, -0.2) is 61.1 Å². The number of amides is 4. The third-order valence-corrected chi connectivity index (χ3v) is 6.73. The van der Waals surface area contributed by atoms with E-state index in [4.69, 9.17) is 4.74 Å². The number of hydrogen-bond donors (Lipinski definition) is 2. The molecule has 1 aromatic carbocycles. The van der Waals surface area contributed by atoms with Crippen LogP contribution in [0.1, 0.15) is 45.6 Å². The third kappa shape index (κ3) is 4.75. The minimum atomic E-state index is -0.881. The second-order valence-corrected chi connectivity index (χ2v) is 10.3. The van der Waals surface area contributed by atoms with E-state index in [0.29, 0.717) is 25.3 Å². The van der Waals surface area contributed by atoms with Crippen molar-refractivity contribution in [2.75, 3.05) is 37.7 Å². The number of imide groups is 1. The topological polar surface area (TPSA) is 91.0 Å². The zero-order valence-corrected chi connectivity index (χ0v) is 19.3. The first-order valence-corrected chi connectivity index (χ1v) is 11.5. The van der Waals surface area contributed by atoms with Crippen LogP contribution in [0.3, 0.4) is 0 Å². The first-order valence-electron chi connectivity index (χ1n) is 11.5. The molecule has 1 aliphatic carbocycles. The molecule has 8 heteroatoms. The Kier molecular flexibility index (Phi) is 6.16. The lowest BCUT2D eigenvalue weighted by molar-refractivity contribution is -0.137. The fraction of sp³-hybridized carbons (Fsp3) is 0.625. The minimum absolute atomic E-state index is 0.0355. The molecule has 1 saturated carbocycles. The molecule has 4 amide bonds. The van der Waals surface area contributed by atoms with Crippen molar-refractivity contribution in [2.45, 2.75) is 52.1 Å². The monoisotopic (exact) mass is 442 g/mol. The van der Waals surface area contributed by atoms with Crippen LogP contribution in [0, 0.1) is 11.3 Å². The van der Waals surface area contributed by atoms with Gasteiger partial charge in [0.05, 0.1) is 13.2 Å². The van der Waals surface area contributed by atoms with Crippen LogP contribution in [0.2, 0.25) is 0 Å². The van der Waals surface area contributed by atoms with Gasteiger partial charge >= 0.3 is 6.03 Å². The van der Waals surface area contributed by atoms with Crippen LogP contribution >= 0.6 is 0 Å². The molecule has 2 N–H and O–H groups in total. The summed E-state index contributed by atoms with van der Waals surface area (Å²) < 4.78 is 5.39. The lowest BCUT2D eigenvalue weighted by atomic mass is 9.64. The fourth-order valence-corrected chi connectivity index (χ4v) is 5.70. The number of carbonyl (C=O) groups excluding carboxylic acids is 3. The van der Waals surface area contributed by atoms with Crippen LogP contribution < -0.4 is 15.5 Å². The number of rotatable bonds is 5. The molecule has 1 aromatic rings. The molecule has 2 saturated heterocycles. The van der Waals surface area contributed by atoms with Gasteiger partial charge in [-0.1, -0.05) is 32.9 Å². The predicted molar refractivity (Wildman–Crippen MR) is 121 cm³/mol. The van der Waals surface area contributed by atoms with E-state index in [-0.39, 0.29) is 23.8 Å². The van der Waals surface area contributed by atoms with E-state index < -0.39 is 11.6 Å². The molecule has 8 nitrogen and oxygen atoms in total. The van der Waals surface area contributed by atoms with Crippen molar-refractivity contribution in [3.8, 4) is 0 Å². The van der Waals surface area contributed by atoms with E-state index in [9.17, 15) is 14.4 Å². The average Bonchev–Trinajstić information content (AvgIpc) is 2.95. The van der Waals surface area contributed by atoms with Gasteiger partial charge in [0, 0.05) is 25.3 Å². The molecule has 2 unspecified atom stereocenters. The Labute approximate surface area is 189 Å². The summed E-state index contributed by atoms with van der Waals surface area (Å²) in [6.45, 7) is 9.68. The quantitative estimate of drug-likeness (QED) is 0.683. The van der Waals surface area contributed by atoms with Crippen LogP contribution in [0.15, 0.2) is 24.3 Å². The summed E-state index contributed by atoms with van der Waals surface area (Å²) in [6, 6.07) is 7.59. The Morgan fingerprint density at radius 3 is 2.50 bits per heavy atom. The molecule has 1 spiro atoms. The minimum Gasteiger partial charge on any atom is -0.378 e. The standard InChI is InChI=1S/C24H34N4O4/c1-17-12-23(2,3)16-24(13-17)21(30)28(22(31)26-24)15-20(29)25-14-18-4-6-19(7-5-18)27-8-10-32-11-9-27/h4-7,17H,8-16H2,1-3H3,(H,25,29)(H,26,31). The van der Waals surface area contributed by atoms with Gasteiger partial charge in [-0.25, -0.2) is 4.79 Å². The molecule has 2 heterocycles. The number of nitrogens with zero attached hydrogens (tertiary/aromatic N) is 2. The smallest absolute Gasteiger partial charge is 0.325 e. The summed E-state index contributed by atoms with van der Waals surface area (Å²) in [6.07, 6.45) is 2.24. The molecule has 2 aliphatic heterocycles. The van der Waals surface area contributed by atoms with Crippen molar-refractivity contribution >= 4 is 23.5 Å². The van der Waals surface area contributed by atoms with Crippen molar-refractivity contribution < 1.29 is 19.1 Å². The molecule has 3 fully saturated rings. The summed E-state index contributed by atoms with van der Waals surface area (Å²) in [5, 5.41) is 5.75. The van der Waals surface area contributed by atoms with Gasteiger partial charge < -0.3 is 20.3 Å². The van der Waals surface area contributed by atoms with E-state index in [0.717, 1.165) is 48.9 Å². The SMILES string of the molecule is CC1CC(C)(C)CC2(C1)NC(=O)N(CC(=O)NCc1ccc(N3CCOCC3)cc1)C2=O. The maximum Gasteiger partial charge on any atom is 0.325 e. The highest BCUT2D eigenvalue weighted by atomic mass is 16.5. The molecule has 0 radical (unpaired) electrons. The molecule has 4 rings (SSSR count). The number of carbonyl (C=O) groups is 3. The fourth-order valence-electron chi connectivity index (χ4n) is 5.70. The predicted octanol–water partition coefficient (Wildman–Crippen LogP) is 2.28. The van der Waals surface area contributed by atoms with Gasteiger partial charge in [0.15, 0.2) is 0 Å². The number of urea groups is 1. The van der Waals surface area contributed by atoms with Crippen molar-refractivity contribution in [3.05, 3.63) is 29.8 Å². The second-order valence-electron chi connectivity index (χ2n) is 10.3. The molecule has 0 bridgehead atoms. The van der Waals surface area contributed by atoms with E-state index in [1.54, 1.807) is 0 Å². The largest absolute Gasteiger partial charge is 0.378 e. The number of benzene rings is 1. The Morgan fingerprint density at radius 1 is 1.16 bits per heavy atom. The number of morpholine rings is 1. The zero-order chi connectivity index (χ0) is 22.9. The lowest BCUT2D eigenvalue weighted by Gasteiger charge is -2.43. The van der Waals surface area contributed by atoms with E-state index in [1.165, 1.54) is 0 Å². The molecule has 32 heavy (non-hydrogen) atoms. The van der Waals surface area contributed by atoms with Crippen LogP contribution in [-0.2, 0) is 20.9 Å². The first-order chi connectivity index (χ1) is 15.2. The van der Waals surface area contributed by atoms with E-state index >= 15 is 0 Å². The summed E-state index contributed by atoms with van der Waals surface area (Å²) in [5.74, 6) is -0.282. The third-order valence-electron chi connectivity index (χ3n) is 6.73. The Bertz CT molecular complexity index is 878. The first kappa shape index (κ1) is 22.6. The van der Waals surface area contributed by atoms with Crippen LogP contribution in [0.25, 0.3) is 0 Å². The van der Waals surface area contributed by atoms with E-state index in [2.05, 4.69) is 36.3 Å². The second kappa shape index (κ2) is 8.73. The highest BCUT2D eigenvalue weighted by molar-refractivity contribution is 6.09. The van der Waals surface area contributed by atoms with Gasteiger partial charge in [0.1, 0.15) is 12.1 Å². The zero-order valence-electron chi connectivity index (χ0n) is 19.3. The molecule has 2 atom stereocenters. The van der Waals surface area contributed by atoms with E-state index in [1.807, 2.05) is 24.3 Å². The molecular formula is C24H34N4O4.